The number of ether oxygens (including phenoxy) is 1. The second-order valence-electron chi connectivity index (χ2n) is 6.77. The van der Waals surface area contributed by atoms with Crippen molar-refractivity contribution in [3.05, 3.63) is 59.4 Å². The smallest absolute Gasteiger partial charge is 0.132 e. The van der Waals surface area contributed by atoms with E-state index in [1.165, 1.54) is 11.6 Å². The van der Waals surface area contributed by atoms with E-state index in [9.17, 15) is 4.39 Å². The lowest BCUT2D eigenvalue weighted by Gasteiger charge is -2.19. The first kappa shape index (κ1) is 14.7. The molecule has 0 bridgehead atoms. The van der Waals surface area contributed by atoms with E-state index in [1.54, 1.807) is 12.1 Å². The molecular weight excluding hydrogens is 291 g/mol. The number of halogens is 1. The largest absolute Gasteiger partial charge is 0.457 e. The lowest BCUT2D eigenvalue weighted by atomic mass is 9.87. The maximum Gasteiger partial charge on any atom is 0.132 e. The van der Waals surface area contributed by atoms with Crippen molar-refractivity contribution in [3.63, 3.8) is 0 Å². The molecule has 4 heteroatoms. The normalized spacial score (nSPS) is 25.3. The van der Waals surface area contributed by atoms with E-state index in [4.69, 9.17) is 4.74 Å². The van der Waals surface area contributed by atoms with Crippen LogP contribution in [-0.4, -0.2) is 31.6 Å². The number of hydrogen-bond acceptors (Lipinski definition) is 3. The summed E-state index contributed by atoms with van der Waals surface area (Å²) in [6.45, 7) is 0.973. The molecular formula is C19H21FN2O. The van der Waals surface area contributed by atoms with Gasteiger partial charge in [0, 0.05) is 30.1 Å². The van der Waals surface area contributed by atoms with Crippen molar-refractivity contribution in [1.82, 2.24) is 10.2 Å². The number of nitrogens with one attached hydrogen (secondary N) is 1. The van der Waals surface area contributed by atoms with E-state index in [0.29, 0.717) is 12.0 Å². The summed E-state index contributed by atoms with van der Waals surface area (Å²) in [6.07, 6.45) is 1.03. The summed E-state index contributed by atoms with van der Waals surface area (Å²) < 4.78 is 19.9. The minimum Gasteiger partial charge on any atom is -0.457 e. The van der Waals surface area contributed by atoms with Crippen molar-refractivity contribution in [3.8, 4) is 11.5 Å². The van der Waals surface area contributed by atoms with Crippen LogP contribution in [0.4, 0.5) is 4.39 Å². The van der Waals surface area contributed by atoms with Crippen molar-refractivity contribution in [1.29, 1.82) is 0 Å². The van der Waals surface area contributed by atoms with Crippen molar-refractivity contribution in [2.45, 2.75) is 24.4 Å². The first-order chi connectivity index (χ1) is 11.1. The number of fused-ring (bicyclic) bond motifs is 5. The quantitative estimate of drug-likeness (QED) is 0.915. The second-order valence-corrected chi connectivity index (χ2v) is 6.77. The topological polar surface area (TPSA) is 24.5 Å². The van der Waals surface area contributed by atoms with Crippen LogP contribution >= 0.6 is 0 Å². The zero-order valence-electron chi connectivity index (χ0n) is 13.4. The highest BCUT2D eigenvalue weighted by atomic mass is 19.1. The third-order valence-corrected chi connectivity index (χ3v) is 4.79. The average molecular weight is 312 g/mol. The molecule has 1 fully saturated rings. The zero-order valence-corrected chi connectivity index (χ0v) is 13.4. The van der Waals surface area contributed by atoms with Gasteiger partial charge in [-0.2, -0.15) is 0 Å². The first-order valence-corrected chi connectivity index (χ1v) is 8.09. The Kier molecular flexibility index (Phi) is 3.58. The van der Waals surface area contributed by atoms with Crippen LogP contribution in [0.3, 0.4) is 0 Å². The van der Waals surface area contributed by atoms with Crippen LogP contribution in [0.5, 0.6) is 11.5 Å². The minimum absolute atomic E-state index is 0.0919. The van der Waals surface area contributed by atoms with Gasteiger partial charge in [0.15, 0.2) is 0 Å². The Morgan fingerprint density at radius 1 is 1.13 bits per heavy atom. The predicted octanol–water partition coefficient (Wildman–Crippen LogP) is 3.68. The highest BCUT2D eigenvalue weighted by Crippen LogP contribution is 2.50. The Hall–Kier alpha value is -1.91. The molecule has 4 rings (SSSR count). The van der Waals surface area contributed by atoms with Crippen molar-refractivity contribution < 1.29 is 9.13 Å². The van der Waals surface area contributed by atoms with Crippen LogP contribution in [0, 0.1) is 5.82 Å². The predicted molar refractivity (Wildman–Crippen MR) is 88.5 cm³/mol. The van der Waals surface area contributed by atoms with Gasteiger partial charge in [0.25, 0.3) is 0 Å². The Morgan fingerprint density at radius 3 is 2.74 bits per heavy atom. The van der Waals surface area contributed by atoms with Gasteiger partial charge in [0.2, 0.25) is 0 Å². The van der Waals surface area contributed by atoms with Crippen LogP contribution in [0.15, 0.2) is 42.5 Å². The van der Waals surface area contributed by atoms with Gasteiger partial charge in [-0.3, -0.25) is 0 Å². The molecule has 0 saturated carbocycles. The molecule has 0 aromatic heterocycles. The Morgan fingerprint density at radius 2 is 1.91 bits per heavy atom. The molecule has 1 N–H and O–H groups in total. The fraction of sp³-hybridized carbons (Fsp3) is 0.368. The number of benzene rings is 2. The fourth-order valence-electron chi connectivity index (χ4n) is 3.92. The number of likely N-dealkylation sites (N-methyl/N-ethyl adjacent to an activating group) is 1. The first-order valence-electron chi connectivity index (χ1n) is 8.09. The van der Waals surface area contributed by atoms with Crippen LogP contribution in [0.2, 0.25) is 0 Å². The lowest BCUT2D eigenvalue weighted by Crippen LogP contribution is -2.34. The van der Waals surface area contributed by atoms with E-state index in [2.05, 4.69) is 36.4 Å². The van der Waals surface area contributed by atoms with E-state index < -0.39 is 0 Å². The van der Waals surface area contributed by atoms with E-state index >= 15 is 0 Å². The summed E-state index contributed by atoms with van der Waals surface area (Å²) in [7, 11) is 4.17. The molecule has 23 heavy (non-hydrogen) atoms. The second kappa shape index (κ2) is 5.62. The van der Waals surface area contributed by atoms with Crippen LogP contribution in [0.1, 0.15) is 29.5 Å². The van der Waals surface area contributed by atoms with Gasteiger partial charge in [-0.25, -0.2) is 4.39 Å². The molecule has 0 spiro atoms. The monoisotopic (exact) mass is 312 g/mol. The highest BCUT2D eigenvalue weighted by Gasteiger charge is 2.40. The maximum atomic E-state index is 13.8. The van der Waals surface area contributed by atoms with Crippen LogP contribution in [0.25, 0.3) is 0 Å². The number of nitrogens with zero attached hydrogens (tertiary/aromatic N) is 1. The van der Waals surface area contributed by atoms with Gasteiger partial charge < -0.3 is 15.0 Å². The number of hydrogen-bond donors (Lipinski definition) is 1. The van der Waals surface area contributed by atoms with Crippen LogP contribution in [-0.2, 0) is 0 Å². The SMILES string of the molecule is CN(C)C[C@H]1C[C@@H]2c3ccccc3Oc3ccc(F)cc3[C@H]2N1. The summed E-state index contributed by atoms with van der Waals surface area (Å²) in [5, 5.41) is 3.70. The molecule has 2 aliphatic rings. The van der Waals surface area contributed by atoms with Crippen LogP contribution < -0.4 is 10.1 Å². The zero-order chi connectivity index (χ0) is 16.0. The van der Waals surface area contributed by atoms with Crippen molar-refractivity contribution in [2.75, 3.05) is 20.6 Å². The molecule has 0 unspecified atom stereocenters. The summed E-state index contributed by atoms with van der Waals surface area (Å²) in [5.74, 6) is 1.73. The molecule has 2 aromatic carbocycles. The summed E-state index contributed by atoms with van der Waals surface area (Å²) in [4.78, 5) is 2.19. The minimum atomic E-state index is -0.213. The highest BCUT2D eigenvalue weighted by molar-refractivity contribution is 5.50. The molecule has 2 aromatic rings. The Labute approximate surface area is 136 Å². The van der Waals surface area contributed by atoms with Gasteiger partial charge in [-0.05, 0) is 50.3 Å². The Balaban J connectivity index is 1.80. The van der Waals surface area contributed by atoms with Gasteiger partial charge in [-0.15, -0.1) is 0 Å². The van der Waals surface area contributed by atoms with Gasteiger partial charge in [-0.1, -0.05) is 18.2 Å². The standard InChI is InChI=1S/C19H21FN2O/c1-22(2)11-13-10-15-14-5-3-4-6-17(14)23-18-8-7-12(20)9-16(18)19(15)21-13/h3-9,13,15,19,21H,10-11H2,1-2H3/t13-,15-,19+/m1/s1. The molecule has 1 saturated heterocycles. The molecule has 2 heterocycles. The van der Waals surface area contributed by atoms with E-state index in [1.807, 2.05) is 12.1 Å². The molecule has 120 valence electrons. The summed E-state index contributed by atoms with van der Waals surface area (Å²) in [6, 6.07) is 13.5. The summed E-state index contributed by atoms with van der Waals surface area (Å²) >= 11 is 0. The van der Waals surface area contributed by atoms with Gasteiger partial charge >= 0.3 is 0 Å². The fourth-order valence-corrected chi connectivity index (χ4v) is 3.92. The molecule has 3 atom stereocenters. The Bertz CT molecular complexity index is 731. The van der Waals surface area contributed by atoms with Gasteiger partial charge in [0.05, 0.1) is 0 Å². The molecule has 0 aliphatic carbocycles. The van der Waals surface area contributed by atoms with E-state index in [0.717, 1.165) is 30.0 Å². The number of rotatable bonds is 2. The van der Waals surface area contributed by atoms with Crippen molar-refractivity contribution in [2.24, 2.45) is 0 Å². The number of para-hydroxylation sites is 1. The third-order valence-electron chi connectivity index (χ3n) is 4.79. The van der Waals surface area contributed by atoms with Gasteiger partial charge in [0.1, 0.15) is 17.3 Å². The molecule has 3 nitrogen and oxygen atoms in total. The molecule has 0 radical (unpaired) electrons. The molecule has 2 aliphatic heterocycles. The van der Waals surface area contributed by atoms with Crippen molar-refractivity contribution >= 4 is 0 Å². The molecule has 0 amide bonds. The average Bonchev–Trinajstić information content (AvgIpc) is 2.87. The van der Waals surface area contributed by atoms with E-state index in [-0.39, 0.29) is 11.9 Å². The summed E-state index contributed by atoms with van der Waals surface area (Å²) in [5.41, 5.74) is 2.13. The lowest BCUT2D eigenvalue weighted by molar-refractivity contribution is 0.350. The third kappa shape index (κ3) is 2.62. The maximum absolute atomic E-state index is 13.8.